The monoisotopic (exact) mass is 335 g/mol. The first-order chi connectivity index (χ1) is 11.4. The van der Waals surface area contributed by atoms with Gasteiger partial charge in [0.15, 0.2) is 11.6 Å². The lowest BCUT2D eigenvalue weighted by Gasteiger charge is -2.26. The Balaban J connectivity index is 1.63. The summed E-state index contributed by atoms with van der Waals surface area (Å²) in [5, 5.41) is 13.8. The van der Waals surface area contributed by atoms with Crippen LogP contribution in [0.3, 0.4) is 0 Å². The smallest absolute Gasteiger partial charge is 0.319 e. The Bertz CT molecular complexity index is 759. The molecule has 128 valence electrons. The maximum absolute atomic E-state index is 13.2. The molecule has 0 bridgehead atoms. The molecular weight excluding hydrogens is 316 g/mol. The van der Waals surface area contributed by atoms with Gasteiger partial charge >= 0.3 is 6.03 Å². The molecule has 1 aliphatic rings. The van der Waals surface area contributed by atoms with Crippen molar-refractivity contribution < 1.29 is 13.6 Å². The van der Waals surface area contributed by atoms with Gasteiger partial charge in [-0.15, -0.1) is 10.2 Å². The van der Waals surface area contributed by atoms with E-state index in [1.807, 2.05) is 18.4 Å². The summed E-state index contributed by atoms with van der Waals surface area (Å²) in [6.45, 7) is 4.69. The van der Waals surface area contributed by atoms with Crippen LogP contribution in [0.4, 0.5) is 19.3 Å². The first-order valence-electron chi connectivity index (χ1n) is 7.88. The predicted octanol–water partition coefficient (Wildman–Crippen LogP) is 2.82. The van der Waals surface area contributed by atoms with Crippen LogP contribution in [0.25, 0.3) is 0 Å². The number of hydrogen-bond acceptors (Lipinski definition) is 3. The lowest BCUT2D eigenvalue weighted by atomic mass is 10.1. The van der Waals surface area contributed by atoms with E-state index < -0.39 is 17.7 Å². The van der Waals surface area contributed by atoms with Crippen LogP contribution < -0.4 is 10.6 Å². The Morgan fingerprint density at radius 2 is 2.08 bits per heavy atom. The molecule has 1 aromatic carbocycles. The molecule has 0 spiro atoms. The molecule has 2 N–H and O–H groups in total. The van der Waals surface area contributed by atoms with Crippen LogP contribution >= 0.6 is 0 Å². The highest BCUT2D eigenvalue weighted by Gasteiger charge is 2.25. The summed E-state index contributed by atoms with van der Waals surface area (Å²) in [7, 11) is 0. The minimum Gasteiger partial charge on any atom is -0.333 e. The molecule has 2 aromatic rings. The van der Waals surface area contributed by atoms with E-state index in [0.29, 0.717) is 6.54 Å². The summed E-state index contributed by atoms with van der Waals surface area (Å²) in [6.07, 6.45) is 1.48. The molecule has 2 amide bonds. The zero-order chi connectivity index (χ0) is 17.3. The van der Waals surface area contributed by atoms with Gasteiger partial charge in [0.2, 0.25) is 0 Å². The summed E-state index contributed by atoms with van der Waals surface area (Å²) < 4.78 is 28.1. The summed E-state index contributed by atoms with van der Waals surface area (Å²) in [6, 6.07) is 2.71. The summed E-state index contributed by atoms with van der Waals surface area (Å²) >= 11 is 0. The number of benzene rings is 1. The number of carbonyl (C=O) groups is 1. The minimum atomic E-state index is -0.999. The molecule has 24 heavy (non-hydrogen) atoms. The van der Waals surface area contributed by atoms with Crippen molar-refractivity contribution in [2.24, 2.45) is 0 Å². The number of hydrogen-bond donors (Lipinski definition) is 2. The number of halogens is 2. The Morgan fingerprint density at radius 3 is 2.79 bits per heavy atom. The zero-order valence-corrected chi connectivity index (χ0v) is 13.5. The average molecular weight is 335 g/mol. The molecule has 0 fully saturated rings. The average Bonchev–Trinajstić information content (AvgIpc) is 2.94. The SMILES string of the molecule is CC(C)c1nnc2n1CC(NC(=O)Nc1ccc(F)c(F)c1)CC2. The van der Waals surface area contributed by atoms with E-state index in [1.54, 1.807) is 0 Å². The standard InChI is InChI=1S/C16H19F2N5O/c1-9(2)15-22-21-14-6-4-11(8-23(14)15)20-16(24)19-10-3-5-12(17)13(18)7-10/h3,5,7,9,11H,4,6,8H2,1-2H3,(H2,19,20,24). The highest BCUT2D eigenvalue weighted by atomic mass is 19.2. The highest BCUT2D eigenvalue weighted by molar-refractivity contribution is 5.89. The van der Waals surface area contributed by atoms with E-state index in [1.165, 1.54) is 6.07 Å². The maximum atomic E-state index is 13.2. The van der Waals surface area contributed by atoms with E-state index in [-0.39, 0.29) is 17.6 Å². The molecule has 1 atom stereocenters. The number of rotatable bonds is 3. The van der Waals surface area contributed by atoms with E-state index in [9.17, 15) is 13.6 Å². The Kier molecular flexibility index (Phi) is 4.46. The first-order valence-corrected chi connectivity index (χ1v) is 7.88. The van der Waals surface area contributed by atoms with Gasteiger partial charge in [0.05, 0.1) is 0 Å². The van der Waals surface area contributed by atoms with Gasteiger partial charge in [-0.3, -0.25) is 0 Å². The fourth-order valence-electron chi connectivity index (χ4n) is 2.82. The molecule has 0 saturated carbocycles. The third kappa shape index (κ3) is 3.37. The molecule has 1 unspecified atom stereocenters. The molecule has 3 rings (SSSR count). The zero-order valence-electron chi connectivity index (χ0n) is 13.5. The van der Waals surface area contributed by atoms with E-state index >= 15 is 0 Å². The van der Waals surface area contributed by atoms with Gasteiger partial charge in [-0.1, -0.05) is 13.8 Å². The number of nitrogens with zero attached hydrogens (tertiary/aromatic N) is 3. The van der Waals surface area contributed by atoms with Crippen LogP contribution in [0.1, 0.15) is 37.8 Å². The van der Waals surface area contributed by atoms with Crippen molar-refractivity contribution in [2.45, 2.75) is 45.2 Å². The first kappa shape index (κ1) is 16.4. The number of nitrogens with one attached hydrogen (secondary N) is 2. The Labute approximate surface area is 138 Å². The Morgan fingerprint density at radius 1 is 1.29 bits per heavy atom. The van der Waals surface area contributed by atoms with Crippen LogP contribution in [-0.2, 0) is 13.0 Å². The van der Waals surface area contributed by atoms with Gasteiger partial charge in [-0.2, -0.15) is 0 Å². The van der Waals surface area contributed by atoms with Crippen LogP contribution in [0.15, 0.2) is 18.2 Å². The van der Waals surface area contributed by atoms with E-state index in [0.717, 1.165) is 36.6 Å². The number of amides is 2. The maximum Gasteiger partial charge on any atom is 0.319 e. The largest absolute Gasteiger partial charge is 0.333 e. The van der Waals surface area contributed by atoms with Gasteiger partial charge in [0.1, 0.15) is 11.6 Å². The number of anilines is 1. The van der Waals surface area contributed by atoms with Crippen LogP contribution in [0, 0.1) is 11.6 Å². The van der Waals surface area contributed by atoms with Gasteiger partial charge in [0, 0.05) is 36.7 Å². The normalized spacial score (nSPS) is 16.8. The summed E-state index contributed by atoms with van der Waals surface area (Å²) in [5.74, 6) is 0.132. The van der Waals surface area contributed by atoms with Crippen molar-refractivity contribution in [3.8, 4) is 0 Å². The van der Waals surface area contributed by atoms with Crippen LogP contribution in [0.2, 0.25) is 0 Å². The van der Waals surface area contributed by atoms with Gasteiger partial charge in [-0.05, 0) is 18.6 Å². The van der Waals surface area contributed by atoms with Crippen LogP contribution in [-0.4, -0.2) is 26.8 Å². The number of aromatic nitrogens is 3. The molecule has 0 radical (unpaired) electrons. The summed E-state index contributed by atoms with van der Waals surface area (Å²) in [5.41, 5.74) is 0.204. The van der Waals surface area contributed by atoms with Crippen molar-refractivity contribution in [3.63, 3.8) is 0 Å². The second-order valence-electron chi connectivity index (χ2n) is 6.20. The van der Waals surface area contributed by atoms with Crippen molar-refractivity contribution >= 4 is 11.7 Å². The van der Waals surface area contributed by atoms with E-state index in [4.69, 9.17) is 0 Å². The molecule has 1 aliphatic heterocycles. The number of fused-ring (bicyclic) bond motifs is 1. The highest BCUT2D eigenvalue weighted by Crippen LogP contribution is 2.20. The van der Waals surface area contributed by atoms with Crippen molar-refractivity contribution in [1.82, 2.24) is 20.1 Å². The van der Waals surface area contributed by atoms with E-state index in [2.05, 4.69) is 20.8 Å². The molecule has 6 nitrogen and oxygen atoms in total. The fraction of sp³-hybridized carbons (Fsp3) is 0.438. The lowest BCUT2D eigenvalue weighted by molar-refractivity contribution is 0.244. The number of urea groups is 1. The van der Waals surface area contributed by atoms with Crippen molar-refractivity contribution in [2.75, 3.05) is 5.32 Å². The number of aryl methyl sites for hydroxylation is 1. The molecule has 8 heteroatoms. The lowest BCUT2D eigenvalue weighted by Crippen LogP contribution is -2.43. The summed E-state index contributed by atoms with van der Waals surface area (Å²) in [4.78, 5) is 12.1. The second kappa shape index (κ2) is 6.54. The quantitative estimate of drug-likeness (QED) is 0.906. The van der Waals surface area contributed by atoms with Gasteiger partial charge in [0.25, 0.3) is 0 Å². The minimum absolute atomic E-state index is 0.0729. The topological polar surface area (TPSA) is 71.8 Å². The molecule has 2 heterocycles. The van der Waals surface area contributed by atoms with Crippen molar-refractivity contribution in [1.29, 1.82) is 0 Å². The third-order valence-corrected chi connectivity index (χ3v) is 4.00. The van der Waals surface area contributed by atoms with Crippen molar-refractivity contribution in [3.05, 3.63) is 41.5 Å². The molecule has 0 saturated heterocycles. The predicted molar refractivity (Wildman–Crippen MR) is 84.7 cm³/mol. The third-order valence-electron chi connectivity index (χ3n) is 4.00. The molecule has 0 aliphatic carbocycles. The Hall–Kier alpha value is -2.51. The number of carbonyl (C=O) groups excluding carboxylic acids is 1. The van der Waals surface area contributed by atoms with Crippen LogP contribution in [0.5, 0.6) is 0 Å². The second-order valence-corrected chi connectivity index (χ2v) is 6.20. The molecule has 1 aromatic heterocycles. The fourth-order valence-corrected chi connectivity index (χ4v) is 2.82. The van der Waals surface area contributed by atoms with Gasteiger partial charge < -0.3 is 15.2 Å². The van der Waals surface area contributed by atoms with Gasteiger partial charge in [-0.25, -0.2) is 13.6 Å². The molecular formula is C16H19F2N5O.